The summed E-state index contributed by atoms with van der Waals surface area (Å²) in [6.07, 6.45) is 3.44. The number of thiazole rings is 1. The van der Waals surface area contributed by atoms with Crippen LogP contribution in [0.3, 0.4) is 0 Å². The summed E-state index contributed by atoms with van der Waals surface area (Å²) in [5.41, 5.74) is 2.94. The molecule has 0 radical (unpaired) electrons. The maximum absolute atomic E-state index is 13.3. The standard InChI is InChI=1S/C21H22FN3OS/c1-2-3-4-14-5-8-17(9-6-14)23-20(26)15-12-25(13-15)21-24-18-10-7-16(22)11-19(18)27-21/h5-11,15H,2-4,12-13H2,1H3,(H,23,26). The Morgan fingerprint density at radius 2 is 2.04 bits per heavy atom. The predicted molar refractivity (Wildman–Crippen MR) is 109 cm³/mol. The molecule has 6 heteroatoms. The third kappa shape index (κ3) is 3.95. The molecular formula is C21H22FN3OS. The van der Waals surface area contributed by atoms with Crippen LogP contribution in [-0.4, -0.2) is 24.0 Å². The van der Waals surface area contributed by atoms with E-state index in [2.05, 4.69) is 34.3 Å². The van der Waals surface area contributed by atoms with Crippen LogP contribution in [-0.2, 0) is 11.2 Å². The number of carbonyl (C=O) groups excluding carboxylic acids is 1. The molecule has 0 bridgehead atoms. The number of carbonyl (C=O) groups is 1. The van der Waals surface area contributed by atoms with Crippen molar-refractivity contribution < 1.29 is 9.18 Å². The van der Waals surface area contributed by atoms with Crippen molar-refractivity contribution in [2.75, 3.05) is 23.3 Å². The Morgan fingerprint density at radius 3 is 2.78 bits per heavy atom. The van der Waals surface area contributed by atoms with E-state index in [4.69, 9.17) is 0 Å². The minimum Gasteiger partial charge on any atom is -0.346 e. The molecule has 27 heavy (non-hydrogen) atoms. The molecule has 4 nitrogen and oxygen atoms in total. The molecule has 1 saturated heterocycles. The van der Waals surface area contributed by atoms with Crippen molar-refractivity contribution in [1.82, 2.24) is 4.98 Å². The van der Waals surface area contributed by atoms with Crippen molar-refractivity contribution in [3.63, 3.8) is 0 Å². The Morgan fingerprint density at radius 1 is 1.26 bits per heavy atom. The number of benzene rings is 2. The van der Waals surface area contributed by atoms with Crippen LogP contribution in [0.15, 0.2) is 42.5 Å². The first-order valence-electron chi connectivity index (χ1n) is 9.33. The largest absolute Gasteiger partial charge is 0.346 e. The lowest BCUT2D eigenvalue weighted by molar-refractivity contribution is -0.120. The number of halogens is 1. The van der Waals surface area contributed by atoms with Crippen LogP contribution in [0.4, 0.5) is 15.2 Å². The van der Waals surface area contributed by atoms with Crippen LogP contribution in [0, 0.1) is 11.7 Å². The molecule has 1 aromatic heterocycles. The zero-order valence-electron chi connectivity index (χ0n) is 15.2. The van der Waals surface area contributed by atoms with E-state index >= 15 is 0 Å². The molecule has 0 spiro atoms. The van der Waals surface area contributed by atoms with Crippen molar-refractivity contribution in [2.45, 2.75) is 26.2 Å². The maximum Gasteiger partial charge on any atom is 0.231 e. The highest BCUT2D eigenvalue weighted by atomic mass is 32.1. The molecule has 1 aliphatic heterocycles. The zero-order valence-corrected chi connectivity index (χ0v) is 16.1. The molecular weight excluding hydrogens is 361 g/mol. The van der Waals surface area contributed by atoms with Gasteiger partial charge in [0.25, 0.3) is 0 Å². The fourth-order valence-electron chi connectivity index (χ4n) is 3.20. The highest BCUT2D eigenvalue weighted by Crippen LogP contribution is 2.33. The van der Waals surface area contributed by atoms with Gasteiger partial charge in [0.15, 0.2) is 5.13 Å². The quantitative estimate of drug-likeness (QED) is 0.662. The molecule has 2 aromatic carbocycles. The molecule has 1 fully saturated rings. The van der Waals surface area contributed by atoms with Crippen molar-refractivity contribution in [3.8, 4) is 0 Å². The molecule has 1 aliphatic rings. The molecule has 0 atom stereocenters. The third-order valence-corrected chi connectivity index (χ3v) is 5.98. The molecule has 0 saturated carbocycles. The average molecular weight is 383 g/mol. The monoisotopic (exact) mass is 383 g/mol. The summed E-state index contributed by atoms with van der Waals surface area (Å²) >= 11 is 1.46. The van der Waals surface area contributed by atoms with Crippen LogP contribution < -0.4 is 10.2 Å². The normalized spacial score (nSPS) is 14.4. The van der Waals surface area contributed by atoms with Gasteiger partial charge in [-0.05, 0) is 48.7 Å². The number of hydrogen-bond acceptors (Lipinski definition) is 4. The van der Waals surface area contributed by atoms with Crippen LogP contribution in [0.1, 0.15) is 25.3 Å². The van der Waals surface area contributed by atoms with Gasteiger partial charge < -0.3 is 10.2 Å². The molecule has 140 valence electrons. The summed E-state index contributed by atoms with van der Waals surface area (Å²) in [5.74, 6) is -0.257. The van der Waals surface area contributed by atoms with Gasteiger partial charge in [0.05, 0.1) is 16.1 Å². The van der Waals surface area contributed by atoms with Gasteiger partial charge in [-0.25, -0.2) is 9.37 Å². The molecule has 1 amide bonds. The number of nitrogens with zero attached hydrogens (tertiary/aromatic N) is 2. The van der Waals surface area contributed by atoms with Crippen molar-refractivity contribution in [2.24, 2.45) is 5.92 Å². The molecule has 1 N–H and O–H groups in total. The number of unbranched alkanes of at least 4 members (excludes halogenated alkanes) is 1. The number of rotatable bonds is 6. The van der Waals surface area contributed by atoms with Gasteiger partial charge in [0, 0.05) is 18.8 Å². The Bertz CT molecular complexity index is 948. The van der Waals surface area contributed by atoms with E-state index in [1.165, 1.54) is 41.9 Å². The lowest BCUT2D eigenvalue weighted by atomic mass is 10.00. The molecule has 2 heterocycles. The molecule has 0 unspecified atom stereocenters. The molecule has 3 aromatic rings. The van der Waals surface area contributed by atoms with Crippen LogP contribution in [0.2, 0.25) is 0 Å². The van der Waals surface area contributed by atoms with Crippen LogP contribution in [0.25, 0.3) is 10.2 Å². The van der Waals surface area contributed by atoms with Gasteiger partial charge in [0.2, 0.25) is 5.91 Å². The van der Waals surface area contributed by atoms with E-state index in [1.807, 2.05) is 12.1 Å². The van der Waals surface area contributed by atoms with Gasteiger partial charge in [-0.15, -0.1) is 0 Å². The Labute approximate surface area is 162 Å². The Balaban J connectivity index is 1.32. The highest BCUT2D eigenvalue weighted by Gasteiger charge is 2.34. The summed E-state index contributed by atoms with van der Waals surface area (Å²) in [6.45, 7) is 3.47. The van der Waals surface area contributed by atoms with E-state index < -0.39 is 0 Å². The smallest absolute Gasteiger partial charge is 0.231 e. The summed E-state index contributed by atoms with van der Waals surface area (Å²) in [6, 6.07) is 12.7. The zero-order chi connectivity index (χ0) is 18.8. The van der Waals surface area contributed by atoms with E-state index in [0.29, 0.717) is 13.1 Å². The topological polar surface area (TPSA) is 45.2 Å². The first kappa shape index (κ1) is 17.9. The van der Waals surface area contributed by atoms with E-state index in [-0.39, 0.29) is 17.6 Å². The number of amides is 1. The first-order valence-corrected chi connectivity index (χ1v) is 10.1. The summed E-state index contributed by atoms with van der Waals surface area (Å²) in [4.78, 5) is 19.0. The third-order valence-electron chi connectivity index (χ3n) is 4.90. The van der Waals surface area contributed by atoms with Gasteiger partial charge in [0.1, 0.15) is 5.82 Å². The minimum absolute atomic E-state index is 0.0414. The van der Waals surface area contributed by atoms with Gasteiger partial charge in [-0.3, -0.25) is 4.79 Å². The molecule has 4 rings (SSSR count). The van der Waals surface area contributed by atoms with E-state index in [0.717, 1.165) is 27.5 Å². The van der Waals surface area contributed by atoms with Gasteiger partial charge in [-0.1, -0.05) is 36.8 Å². The van der Waals surface area contributed by atoms with E-state index in [1.54, 1.807) is 6.07 Å². The Hall–Kier alpha value is -2.47. The van der Waals surface area contributed by atoms with Crippen LogP contribution >= 0.6 is 11.3 Å². The number of nitrogens with one attached hydrogen (secondary N) is 1. The second kappa shape index (κ2) is 7.64. The van der Waals surface area contributed by atoms with Crippen molar-refractivity contribution in [1.29, 1.82) is 0 Å². The number of aryl methyl sites for hydroxylation is 1. The molecule has 0 aliphatic carbocycles. The Kier molecular flexibility index (Phi) is 5.07. The summed E-state index contributed by atoms with van der Waals surface area (Å²) in [5, 5.41) is 3.85. The predicted octanol–water partition coefficient (Wildman–Crippen LogP) is 4.85. The SMILES string of the molecule is CCCCc1ccc(NC(=O)C2CN(c3nc4ccc(F)cc4s3)C2)cc1. The fraction of sp³-hybridized carbons (Fsp3) is 0.333. The van der Waals surface area contributed by atoms with Gasteiger partial charge >= 0.3 is 0 Å². The fourth-order valence-corrected chi connectivity index (χ4v) is 4.21. The van der Waals surface area contributed by atoms with Crippen molar-refractivity contribution in [3.05, 3.63) is 53.8 Å². The number of aromatic nitrogens is 1. The lowest BCUT2D eigenvalue weighted by Crippen LogP contribution is -2.52. The number of hydrogen-bond donors (Lipinski definition) is 1. The highest BCUT2D eigenvalue weighted by molar-refractivity contribution is 7.22. The maximum atomic E-state index is 13.3. The summed E-state index contributed by atoms with van der Waals surface area (Å²) in [7, 11) is 0. The van der Waals surface area contributed by atoms with Crippen molar-refractivity contribution >= 4 is 38.3 Å². The number of anilines is 2. The second-order valence-corrected chi connectivity index (χ2v) is 8.01. The van der Waals surface area contributed by atoms with E-state index in [9.17, 15) is 9.18 Å². The number of fused-ring (bicyclic) bond motifs is 1. The second-order valence-electron chi connectivity index (χ2n) is 7.00. The first-order chi connectivity index (χ1) is 13.1. The van der Waals surface area contributed by atoms with Gasteiger partial charge in [-0.2, -0.15) is 0 Å². The summed E-state index contributed by atoms with van der Waals surface area (Å²) < 4.78 is 14.2. The minimum atomic E-state index is -0.251. The lowest BCUT2D eigenvalue weighted by Gasteiger charge is -2.37. The van der Waals surface area contributed by atoms with Crippen LogP contribution in [0.5, 0.6) is 0 Å². The average Bonchev–Trinajstić information content (AvgIpc) is 3.02.